The van der Waals surface area contributed by atoms with E-state index in [1.807, 2.05) is 33.8 Å². The lowest BCUT2D eigenvalue weighted by molar-refractivity contribution is 0.0269. The minimum Gasteiger partial charge on any atom is -0.444 e. The molecular weight excluding hydrogens is 374 g/mol. The van der Waals surface area contributed by atoms with Crippen molar-refractivity contribution in [2.24, 2.45) is 5.92 Å². The summed E-state index contributed by atoms with van der Waals surface area (Å²) in [5.74, 6) is 0.233. The number of carbonyl (C=O) groups is 2. The first-order chi connectivity index (χ1) is 13.2. The van der Waals surface area contributed by atoms with Crippen LogP contribution in [0.2, 0.25) is 0 Å². The number of anilines is 1. The van der Waals surface area contributed by atoms with Gasteiger partial charge in [0.05, 0.1) is 12.6 Å². The summed E-state index contributed by atoms with van der Waals surface area (Å²) >= 11 is 0. The largest absolute Gasteiger partial charge is 0.444 e. The van der Waals surface area contributed by atoms with Gasteiger partial charge in [-0.15, -0.1) is 0 Å². The fourth-order valence-corrected chi connectivity index (χ4v) is 3.12. The van der Waals surface area contributed by atoms with Crippen molar-refractivity contribution < 1.29 is 24.2 Å². The molecule has 1 fully saturated rings. The molecule has 0 spiro atoms. The maximum Gasteiger partial charge on any atom is 0.413 e. The Kier molecular flexibility index (Phi) is 6.78. The molecule has 0 aromatic carbocycles. The van der Waals surface area contributed by atoms with Crippen LogP contribution in [0.25, 0.3) is 0 Å². The van der Waals surface area contributed by atoms with Crippen LogP contribution in [-0.2, 0) is 15.9 Å². The summed E-state index contributed by atoms with van der Waals surface area (Å²) in [5.41, 5.74) is 0.472. The molecule has 0 aliphatic carbocycles. The van der Waals surface area contributed by atoms with E-state index in [0.717, 1.165) is 11.3 Å². The quantitative estimate of drug-likeness (QED) is 0.795. The second-order valence-electron chi connectivity index (χ2n) is 9.56. The number of aliphatic hydroxyl groups excluding tert-OH is 1. The van der Waals surface area contributed by atoms with E-state index < -0.39 is 29.5 Å². The number of ether oxygens (including phenoxy) is 2. The average molecular weight is 408 g/mol. The monoisotopic (exact) mass is 407 g/mol. The summed E-state index contributed by atoms with van der Waals surface area (Å²) in [6.45, 7) is 13.3. The van der Waals surface area contributed by atoms with Crippen molar-refractivity contribution in [3.8, 4) is 0 Å². The molecule has 2 rings (SSSR count). The van der Waals surface area contributed by atoms with E-state index >= 15 is 0 Å². The Morgan fingerprint density at radius 1 is 1.14 bits per heavy atom. The minimum atomic E-state index is -0.660. The van der Waals surface area contributed by atoms with E-state index in [9.17, 15) is 14.7 Å². The fourth-order valence-electron chi connectivity index (χ4n) is 3.12. The van der Waals surface area contributed by atoms with Crippen LogP contribution in [0.1, 0.15) is 52.8 Å². The molecule has 1 aliphatic rings. The van der Waals surface area contributed by atoms with Gasteiger partial charge < -0.3 is 19.5 Å². The summed E-state index contributed by atoms with van der Waals surface area (Å²) in [6.07, 6.45) is -1.18. The fraction of sp³-hybridized carbons (Fsp3) is 0.667. The molecule has 1 aliphatic heterocycles. The number of carbonyl (C=O) groups excluding carboxylic acids is 2. The van der Waals surface area contributed by atoms with Crippen LogP contribution in [0.4, 0.5) is 15.4 Å². The van der Waals surface area contributed by atoms with Crippen LogP contribution < -0.4 is 5.32 Å². The van der Waals surface area contributed by atoms with Gasteiger partial charge in [-0.3, -0.25) is 5.32 Å². The van der Waals surface area contributed by atoms with Crippen LogP contribution in [0.15, 0.2) is 12.1 Å². The number of hydrogen-bond donors (Lipinski definition) is 2. The summed E-state index contributed by atoms with van der Waals surface area (Å²) in [7, 11) is 0. The lowest BCUT2D eigenvalue weighted by Crippen LogP contribution is -2.35. The number of likely N-dealkylation sites (tertiary alicyclic amines) is 1. The van der Waals surface area contributed by atoms with E-state index in [0.29, 0.717) is 18.8 Å². The number of rotatable bonds is 3. The molecule has 8 heteroatoms. The number of hydrogen-bond acceptors (Lipinski definition) is 6. The first kappa shape index (κ1) is 22.9. The topological polar surface area (TPSA) is 101 Å². The van der Waals surface area contributed by atoms with Crippen LogP contribution >= 0.6 is 0 Å². The van der Waals surface area contributed by atoms with Crippen molar-refractivity contribution in [2.75, 3.05) is 18.4 Å². The number of pyridine rings is 1. The maximum atomic E-state index is 12.3. The smallest absolute Gasteiger partial charge is 0.413 e. The van der Waals surface area contributed by atoms with E-state index in [4.69, 9.17) is 9.47 Å². The Hall–Kier alpha value is -2.35. The van der Waals surface area contributed by atoms with Gasteiger partial charge >= 0.3 is 12.2 Å². The Balaban J connectivity index is 2.03. The van der Waals surface area contributed by atoms with Gasteiger partial charge in [-0.1, -0.05) is 0 Å². The first-order valence-corrected chi connectivity index (χ1v) is 9.85. The van der Waals surface area contributed by atoms with Crippen LogP contribution in [0.3, 0.4) is 0 Å². The molecule has 1 saturated heterocycles. The lowest BCUT2D eigenvalue weighted by Gasteiger charge is -2.24. The predicted octanol–water partition coefficient (Wildman–Crippen LogP) is 3.51. The molecule has 2 N–H and O–H groups in total. The number of nitrogens with one attached hydrogen (secondary N) is 1. The van der Waals surface area contributed by atoms with Crippen molar-refractivity contribution in [3.05, 3.63) is 23.4 Å². The third-order valence-corrected chi connectivity index (χ3v) is 4.18. The van der Waals surface area contributed by atoms with Gasteiger partial charge in [0.25, 0.3) is 0 Å². The van der Waals surface area contributed by atoms with Crippen LogP contribution in [0.5, 0.6) is 0 Å². The van der Waals surface area contributed by atoms with Crippen molar-refractivity contribution in [3.63, 3.8) is 0 Å². The van der Waals surface area contributed by atoms with Crippen LogP contribution in [-0.4, -0.2) is 57.6 Å². The average Bonchev–Trinajstić information content (AvgIpc) is 2.84. The number of β-amino-alcohol motifs (C(OH)–C–C–N with tert-alkyl or cyclic N) is 1. The highest BCUT2D eigenvalue weighted by molar-refractivity contribution is 5.83. The first-order valence-electron chi connectivity index (χ1n) is 9.85. The Bertz CT molecular complexity index is 752. The molecule has 0 bridgehead atoms. The summed E-state index contributed by atoms with van der Waals surface area (Å²) in [5, 5.41) is 13.1. The molecule has 0 saturated carbocycles. The third-order valence-electron chi connectivity index (χ3n) is 4.18. The van der Waals surface area contributed by atoms with E-state index in [1.54, 1.807) is 26.8 Å². The molecule has 1 aromatic heterocycles. The van der Waals surface area contributed by atoms with Crippen molar-refractivity contribution >= 4 is 18.0 Å². The number of amides is 2. The second-order valence-corrected chi connectivity index (χ2v) is 9.56. The van der Waals surface area contributed by atoms with E-state index in [1.165, 1.54) is 4.90 Å². The zero-order chi connectivity index (χ0) is 22.0. The number of aromatic nitrogens is 1. The Morgan fingerprint density at radius 2 is 1.76 bits per heavy atom. The van der Waals surface area contributed by atoms with Gasteiger partial charge in [-0.25, -0.2) is 14.6 Å². The highest BCUT2D eigenvalue weighted by Crippen LogP contribution is 2.24. The molecule has 29 heavy (non-hydrogen) atoms. The molecule has 2 heterocycles. The highest BCUT2D eigenvalue weighted by atomic mass is 16.6. The zero-order valence-electron chi connectivity index (χ0n) is 18.4. The minimum absolute atomic E-state index is 0.161. The van der Waals surface area contributed by atoms with Crippen molar-refractivity contribution in [1.82, 2.24) is 9.88 Å². The normalized spacial score (nSPS) is 19.8. The van der Waals surface area contributed by atoms with Crippen molar-refractivity contribution in [1.29, 1.82) is 0 Å². The summed E-state index contributed by atoms with van der Waals surface area (Å²) in [6, 6.07) is 3.66. The lowest BCUT2D eigenvalue weighted by atomic mass is 9.99. The van der Waals surface area contributed by atoms with Gasteiger partial charge in [0, 0.05) is 18.2 Å². The zero-order valence-corrected chi connectivity index (χ0v) is 18.4. The number of nitrogens with zero attached hydrogens (tertiary/aromatic N) is 2. The van der Waals surface area contributed by atoms with Gasteiger partial charge in [-0.05, 0) is 72.6 Å². The summed E-state index contributed by atoms with van der Waals surface area (Å²) < 4.78 is 10.7. The third kappa shape index (κ3) is 7.53. The molecule has 162 valence electrons. The molecule has 0 radical (unpaired) electrons. The van der Waals surface area contributed by atoms with Gasteiger partial charge in [0.1, 0.15) is 17.0 Å². The molecule has 2 atom stereocenters. The van der Waals surface area contributed by atoms with E-state index in [-0.39, 0.29) is 12.5 Å². The predicted molar refractivity (Wildman–Crippen MR) is 110 cm³/mol. The SMILES string of the molecule is Cc1cc(CC2CN(C(=O)OC(C)(C)C)CC2O)nc(NC(=O)OC(C)(C)C)c1. The molecule has 8 nitrogen and oxygen atoms in total. The number of aryl methyl sites for hydroxylation is 1. The Morgan fingerprint density at radius 3 is 2.34 bits per heavy atom. The standard InChI is InChI=1S/C21H33N3O5/c1-13-8-15(22-17(9-13)23-18(26)28-20(2,3)4)10-14-11-24(12-16(14)25)19(27)29-21(5,6)7/h8-9,14,16,25H,10-12H2,1-7H3,(H,22,23,26). The van der Waals surface area contributed by atoms with Gasteiger partial charge in [0.15, 0.2) is 0 Å². The Labute approximate surface area is 172 Å². The van der Waals surface area contributed by atoms with Crippen LogP contribution in [0, 0.1) is 12.8 Å². The number of aliphatic hydroxyl groups is 1. The summed E-state index contributed by atoms with van der Waals surface area (Å²) in [4.78, 5) is 30.3. The molecule has 2 amide bonds. The van der Waals surface area contributed by atoms with Gasteiger partial charge in [-0.2, -0.15) is 0 Å². The maximum absolute atomic E-state index is 12.3. The van der Waals surface area contributed by atoms with Crippen molar-refractivity contribution in [2.45, 2.75) is 72.2 Å². The van der Waals surface area contributed by atoms with Gasteiger partial charge in [0.2, 0.25) is 0 Å². The molecule has 1 aromatic rings. The molecule has 2 unspecified atom stereocenters. The molecular formula is C21H33N3O5. The highest BCUT2D eigenvalue weighted by Gasteiger charge is 2.36. The second kappa shape index (κ2) is 8.57. The van der Waals surface area contributed by atoms with E-state index in [2.05, 4.69) is 10.3 Å².